The maximum absolute atomic E-state index is 10.3. The average molecular weight is 312 g/mol. The molecule has 4 heteroatoms. The van der Waals surface area contributed by atoms with Crippen LogP contribution < -0.4 is 0 Å². The zero-order chi connectivity index (χ0) is 17.0. The largest absolute Gasteiger partial charge is 0.508 e. The topological polar surface area (TPSA) is 80.9 Å². The maximum Gasteiger partial charge on any atom is 0.126 e. The zero-order valence-corrected chi connectivity index (χ0v) is 12.8. The number of benzene rings is 2. The predicted octanol–water partition coefficient (Wildman–Crippen LogP) is 3.56. The van der Waals surface area contributed by atoms with E-state index in [4.69, 9.17) is 0 Å². The number of hydrogen-bond donors (Lipinski definition) is 4. The molecule has 0 bridgehead atoms. The summed E-state index contributed by atoms with van der Waals surface area (Å²) in [6, 6.07) is 6.19. The fourth-order valence-electron chi connectivity index (χ4n) is 2.51. The molecule has 0 fully saturated rings. The molecule has 4 N–H and O–H groups in total. The number of aromatic hydroxyl groups is 4. The van der Waals surface area contributed by atoms with Crippen molar-refractivity contribution in [2.24, 2.45) is 0 Å². The van der Waals surface area contributed by atoms with Crippen LogP contribution in [0.15, 0.2) is 49.6 Å². The van der Waals surface area contributed by atoms with Gasteiger partial charge in [0.05, 0.1) is 0 Å². The van der Waals surface area contributed by atoms with Gasteiger partial charge >= 0.3 is 0 Å². The maximum atomic E-state index is 10.3. The van der Waals surface area contributed by atoms with Gasteiger partial charge in [0.25, 0.3) is 0 Å². The van der Waals surface area contributed by atoms with Gasteiger partial charge in [-0.2, -0.15) is 0 Å². The van der Waals surface area contributed by atoms with E-state index in [0.29, 0.717) is 24.0 Å². The molecule has 4 nitrogen and oxygen atoms in total. The molecule has 0 aromatic heterocycles. The normalized spacial score (nSPS) is 10.4. The van der Waals surface area contributed by atoms with E-state index in [-0.39, 0.29) is 40.5 Å². The Kier molecular flexibility index (Phi) is 4.96. The van der Waals surface area contributed by atoms with Crippen LogP contribution in [0.4, 0.5) is 0 Å². The second-order valence-electron chi connectivity index (χ2n) is 5.30. The number of allylic oxidation sites excluding steroid dienone is 2. The molecule has 0 unspecified atom stereocenters. The van der Waals surface area contributed by atoms with Gasteiger partial charge in [0.2, 0.25) is 0 Å². The van der Waals surface area contributed by atoms with Gasteiger partial charge in [0.15, 0.2) is 0 Å². The monoisotopic (exact) mass is 312 g/mol. The molecule has 2 aromatic carbocycles. The summed E-state index contributed by atoms with van der Waals surface area (Å²) in [7, 11) is 0. The van der Waals surface area contributed by atoms with E-state index in [1.165, 1.54) is 12.1 Å². The molecule has 0 spiro atoms. The lowest BCUT2D eigenvalue weighted by molar-refractivity contribution is 0.426. The minimum absolute atomic E-state index is 0.00526. The first-order chi connectivity index (χ1) is 11.0. The molecule has 0 aliphatic heterocycles. The van der Waals surface area contributed by atoms with Crippen molar-refractivity contribution >= 4 is 0 Å². The molecule has 0 heterocycles. The molecular weight excluding hydrogens is 292 g/mol. The third-order valence-electron chi connectivity index (χ3n) is 3.77. The van der Waals surface area contributed by atoms with Crippen LogP contribution in [0.5, 0.6) is 23.0 Å². The number of hydrogen-bond acceptors (Lipinski definition) is 4. The van der Waals surface area contributed by atoms with Crippen molar-refractivity contribution in [3.05, 3.63) is 71.8 Å². The lowest BCUT2D eigenvalue weighted by Gasteiger charge is -2.14. The number of phenols is 4. The SMILES string of the molecule is C=CCc1ccc(O)c(Cc2c(O)ccc(CC=C)c2O)c1O. The molecule has 2 rings (SSSR count). The molecule has 0 aliphatic rings. The van der Waals surface area contributed by atoms with Crippen LogP contribution in [0.1, 0.15) is 22.3 Å². The number of rotatable bonds is 6. The molecule has 120 valence electrons. The summed E-state index contributed by atoms with van der Waals surface area (Å²) in [6.45, 7) is 7.26. The van der Waals surface area contributed by atoms with Crippen LogP contribution in [0.25, 0.3) is 0 Å². The third kappa shape index (κ3) is 3.31. The fourth-order valence-corrected chi connectivity index (χ4v) is 2.51. The van der Waals surface area contributed by atoms with Gasteiger partial charge in [-0.25, -0.2) is 0 Å². The van der Waals surface area contributed by atoms with Crippen molar-refractivity contribution in [3.8, 4) is 23.0 Å². The zero-order valence-electron chi connectivity index (χ0n) is 12.8. The van der Waals surface area contributed by atoms with Gasteiger partial charge in [-0.15, -0.1) is 13.2 Å². The van der Waals surface area contributed by atoms with Crippen molar-refractivity contribution in [2.45, 2.75) is 19.3 Å². The third-order valence-corrected chi connectivity index (χ3v) is 3.77. The van der Waals surface area contributed by atoms with E-state index in [1.54, 1.807) is 24.3 Å². The first-order valence-electron chi connectivity index (χ1n) is 7.26. The van der Waals surface area contributed by atoms with Crippen molar-refractivity contribution in [3.63, 3.8) is 0 Å². The van der Waals surface area contributed by atoms with E-state index >= 15 is 0 Å². The molecule has 2 aromatic rings. The first kappa shape index (κ1) is 16.5. The Morgan fingerprint density at radius 2 is 1.09 bits per heavy atom. The quantitative estimate of drug-likeness (QED) is 0.615. The second kappa shape index (κ2) is 6.92. The first-order valence-corrected chi connectivity index (χ1v) is 7.26. The standard InChI is InChI=1S/C19H20O4/c1-3-5-12-7-9-16(20)14(18(12)22)11-15-17(21)10-8-13(6-4-2)19(15)23/h3-4,7-10,20-23H,1-2,5-6,11H2. The Balaban J connectivity index is 2.51. The number of phenolic OH excluding ortho intramolecular Hbond substituents is 4. The second-order valence-corrected chi connectivity index (χ2v) is 5.30. The molecule has 0 radical (unpaired) electrons. The van der Waals surface area contributed by atoms with Crippen molar-refractivity contribution in [1.29, 1.82) is 0 Å². The Morgan fingerprint density at radius 1 is 0.696 bits per heavy atom. The average Bonchev–Trinajstić information content (AvgIpc) is 2.52. The molecule has 0 aliphatic carbocycles. The van der Waals surface area contributed by atoms with E-state index < -0.39 is 0 Å². The van der Waals surface area contributed by atoms with E-state index in [1.807, 2.05) is 0 Å². The summed E-state index contributed by atoms with van der Waals surface area (Å²) in [4.78, 5) is 0. The lowest BCUT2D eigenvalue weighted by atomic mass is 9.95. The van der Waals surface area contributed by atoms with E-state index in [9.17, 15) is 20.4 Å². The van der Waals surface area contributed by atoms with Crippen LogP contribution in [0.2, 0.25) is 0 Å². The molecule has 0 atom stereocenters. The summed E-state index contributed by atoms with van der Waals surface area (Å²) in [5.41, 5.74) is 1.75. The summed E-state index contributed by atoms with van der Waals surface area (Å²) >= 11 is 0. The molecule has 0 saturated carbocycles. The van der Waals surface area contributed by atoms with Crippen molar-refractivity contribution < 1.29 is 20.4 Å². The van der Waals surface area contributed by atoms with Gasteiger partial charge in [-0.1, -0.05) is 24.3 Å². The van der Waals surface area contributed by atoms with Gasteiger partial charge in [-0.05, 0) is 36.1 Å². The summed E-state index contributed by atoms with van der Waals surface area (Å²) in [5.74, 6) is -0.304. The molecule has 23 heavy (non-hydrogen) atoms. The van der Waals surface area contributed by atoms with E-state index in [0.717, 1.165) is 0 Å². The van der Waals surface area contributed by atoms with Gasteiger partial charge in [-0.3, -0.25) is 0 Å². The smallest absolute Gasteiger partial charge is 0.126 e. The Bertz CT molecular complexity index is 684. The minimum Gasteiger partial charge on any atom is -0.508 e. The van der Waals surface area contributed by atoms with Crippen LogP contribution in [0, 0.1) is 0 Å². The van der Waals surface area contributed by atoms with Gasteiger partial charge in [0, 0.05) is 17.5 Å². The van der Waals surface area contributed by atoms with Crippen LogP contribution >= 0.6 is 0 Å². The minimum atomic E-state index is -0.0942. The summed E-state index contributed by atoms with van der Waals surface area (Å²) in [5, 5.41) is 40.7. The highest BCUT2D eigenvalue weighted by Gasteiger charge is 2.18. The summed E-state index contributed by atoms with van der Waals surface area (Å²) < 4.78 is 0. The van der Waals surface area contributed by atoms with Crippen LogP contribution in [-0.2, 0) is 19.3 Å². The highest BCUT2D eigenvalue weighted by molar-refractivity contribution is 5.56. The highest BCUT2D eigenvalue weighted by atomic mass is 16.3. The molecule has 0 amide bonds. The molecular formula is C19H20O4. The Morgan fingerprint density at radius 3 is 1.43 bits per heavy atom. The lowest BCUT2D eigenvalue weighted by Crippen LogP contribution is -1.96. The van der Waals surface area contributed by atoms with Gasteiger partial charge < -0.3 is 20.4 Å². The fraction of sp³-hybridized carbons (Fsp3) is 0.158. The summed E-state index contributed by atoms with van der Waals surface area (Å²) in [6.07, 6.45) is 4.21. The Labute approximate surface area is 135 Å². The van der Waals surface area contributed by atoms with Crippen molar-refractivity contribution in [2.75, 3.05) is 0 Å². The molecule has 0 saturated heterocycles. The highest BCUT2D eigenvalue weighted by Crippen LogP contribution is 2.38. The van der Waals surface area contributed by atoms with Gasteiger partial charge in [0.1, 0.15) is 23.0 Å². The van der Waals surface area contributed by atoms with Crippen LogP contribution in [-0.4, -0.2) is 20.4 Å². The van der Waals surface area contributed by atoms with E-state index in [2.05, 4.69) is 13.2 Å². The predicted molar refractivity (Wildman–Crippen MR) is 90.2 cm³/mol. The Hall–Kier alpha value is -2.88. The van der Waals surface area contributed by atoms with Crippen molar-refractivity contribution in [1.82, 2.24) is 0 Å². The van der Waals surface area contributed by atoms with Crippen LogP contribution in [0.3, 0.4) is 0 Å².